The highest BCUT2D eigenvalue weighted by atomic mass is 16.5. The first kappa shape index (κ1) is 16.5. The second-order valence-electron chi connectivity index (χ2n) is 5.77. The number of carboxylic acid groups (broad SMARTS) is 1. The van der Waals surface area contributed by atoms with Crippen molar-refractivity contribution in [2.75, 3.05) is 19.7 Å². The minimum absolute atomic E-state index is 0.0892. The SMILES string of the molecule is CCn1nc(C(C)C)cc1C(=O)N1CCO[C@H](CC(=O)O)C1. The standard InChI is InChI=1S/C15H23N3O4/c1-4-18-13(8-12(16-18)10(2)3)15(21)17-5-6-22-11(9-17)7-14(19)20/h8,10-11H,4-7,9H2,1-3H3,(H,19,20)/t11-/m1/s1. The zero-order valence-electron chi connectivity index (χ0n) is 13.3. The Morgan fingerprint density at radius 3 is 2.82 bits per heavy atom. The quantitative estimate of drug-likeness (QED) is 0.887. The van der Waals surface area contributed by atoms with Crippen molar-refractivity contribution in [1.29, 1.82) is 0 Å². The molecular formula is C15H23N3O4. The molecule has 0 spiro atoms. The highest BCUT2D eigenvalue weighted by molar-refractivity contribution is 5.93. The third-order valence-corrected chi connectivity index (χ3v) is 3.74. The van der Waals surface area contributed by atoms with Gasteiger partial charge in [0.1, 0.15) is 5.69 Å². The molecule has 1 aromatic rings. The lowest BCUT2D eigenvalue weighted by molar-refractivity contribution is -0.141. The molecule has 1 N–H and O–H groups in total. The molecule has 2 heterocycles. The molecule has 1 aliphatic rings. The average molecular weight is 309 g/mol. The number of carboxylic acids is 1. The number of carbonyl (C=O) groups excluding carboxylic acids is 1. The van der Waals surface area contributed by atoms with Gasteiger partial charge in [-0.2, -0.15) is 5.10 Å². The van der Waals surface area contributed by atoms with Gasteiger partial charge in [-0.25, -0.2) is 0 Å². The number of aryl methyl sites for hydroxylation is 1. The molecule has 0 unspecified atom stereocenters. The number of ether oxygens (including phenoxy) is 1. The maximum absolute atomic E-state index is 12.7. The lowest BCUT2D eigenvalue weighted by Gasteiger charge is -2.32. The second-order valence-corrected chi connectivity index (χ2v) is 5.77. The molecule has 0 aliphatic carbocycles. The summed E-state index contributed by atoms with van der Waals surface area (Å²) in [5.41, 5.74) is 1.45. The minimum Gasteiger partial charge on any atom is -0.481 e. The van der Waals surface area contributed by atoms with Crippen molar-refractivity contribution in [2.45, 2.75) is 45.8 Å². The third kappa shape index (κ3) is 3.65. The normalized spacial score (nSPS) is 18.7. The van der Waals surface area contributed by atoms with Gasteiger partial charge in [0.15, 0.2) is 0 Å². The second kappa shape index (κ2) is 6.91. The van der Waals surface area contributed by atoms with Crippen molar-refractivity contribution in [2.24, 2.45) is 0 Å². The molecule has 0 radical (unpaired) electrons. The van der Waals surface area contributed by atoms with Crippen LogP contribution in [0.5, 0.6) is 0 Å². The number of rotatable bonds is 5. The predicted molar refractivity (Wildman–Crippen MR) is 79.9 cm³/mol. The first-order chi connectivity index (χ1) is 10.4. The number of morpholine rings is 1. The molecule has 7 heteroatoms. The van der Waals surface area contributed by atoms with Crippen LogP contribution in [0, 0.1) is 0 Å². The van der Waals surface area contributed by atoms with Crippen LogP contribution >= 0.6 is 0 Å². The molecule has 0 bridgehead atoms. The number of hydrogen-bond acceptors (Lipinski definition) is 4. The Kier molecular flexibility index (Phi) is 5.18. The smallest absolute Gasteiger partial charge is 0.306 e. The molecular weight excluding hydrogens is 286 g/mol. The van der Waals surface area contributed by atoms with Crippen LogP contribution in [0.3, 0.4) is 0 Å². The van der Waals surface area contributed by atoms with Gasteiger partial charge < -0.3 is 14.7 Å². The van der Waals surface area contributed by atoms with E-state index in [9.17, 15) is 9.59 Å². The summed E-state index contributed by atoms with van der Waals surface area (Å²) in [7, 11) is 0. The topological polar surface area (TPSA) is 84.7 Å². The van der Waals surface area contributed by atoms with E-state index in [1.165, 1.54) is 0 Å². The summed E-state index contributed by atoms with van der Waals surface area (Å²) in [5.74, 6) is -0.774. The summed E-state index contributed by atoms with van der Waals surface area (Å²) in [6.07, 6.45) is -0.536. The number of nitrogens with zero attached hydrogens (tertiary/aromatic N) is 3. The number of amides is 1. The van der Waals surface area contributed by atoms with Gasteiger partial charge in [-0.3, -0.25) is 14.3 Å². The van der Waals surface area contributed by atoms with Gasteiger partial charge in [0, 0.05) is 19.6 Å². The van der Waals surface area contributed by atoms with Crippen LogP contribution in [0.15, 0.2) is 6.07 Å². The molecule has 1 atom stereocenters. The van der Waals surface area contributed by atoms with Crippen LogP contribution in [0.2, 0.25) is 0 Å². The van der Waals surface area contributed by atoms with Crippen molar-refractivity contribution in [3.8, 4) is 0 Å². The van der Waals surface area contributed by atoms with Crippen LogP contribution in [0.1, 0.15) is 49.3 Å². The van der Waals surface area contributed by atoms with E-state index in [2.05, 4.69) is 5.10 Å². The van der Waals surface area contributed by atoms with E-state index >= 15 is 0 Å². The van der Waals surface area contributed by atoms with Gasteiger partial charge in [0.05, 0.1) is 24.8 Å². The lowest BCUT2D eigenvalue weighted by atomic mass is 10.1. The van der Waals surface area contributed by atoms with Crippen molar-refractivity contribution in [1.82, 2.24) is 14.7 Å². The summed E-state index contributed by atoms with van der Waals surface area (Å²) >= 11 is 0. The first-order valence-electron chi connectivity index (χ1n) is 7.62. The highest BCUT2D eigenvalue weighted by Crippen LogP contribution is 2.18. The summed E-state index contributed by atoms with van der Waals surface area (Å²) in [6, 6.07) is 1.83. The molecule has 1 amide bonds. The zero-order chi connectivity index (χ0) is 16.3. The molecule has 1 aliphatic heterocycles. The maximum Gasteiger partial charge on any atom is 0.306 e. The third-order valence-electron chi connectivity index (χ3n) is 3.74. The minimum atomic E-state index is -0.917. The van der Waals surface area contributed by atoms with Crippen LogP contribution in [-0.4, -0.2) is 57.5 Å². The maximum atomic E-state index is 12.7. The van der Waals surface area contributed by atoms with E-state index in [1.807, 2.05) is 26.8 Å². The zero-order valence-corrected chi connectivity index (χ0v) is 13.3. The van der Waals surface area contributed by atoms with Gasteiger partial charge >= 0.3 is 5.97 Å². The molecule has 2 rings (SSSR count). The molecule has 22 heavy (non-hydrogen) atoms. The summed E-state index contributed by atoms with van der Waals surface area (Å²) in [6.45, 7) is 7.78. The van der Waals surface area contributed by atoms with Crippen LogP contribution < -0.4 is 0 Å². The van der Waals surface area contributed by atoms with E-state index in [1.54, 1.807) is 9.58 Å². The van der Waals surface area contributed by atoms with Crippen molar-refractivity contribution < 1.29 is 19.4 Å². The fourth-order valence-electron chi connectivity index (χ4n) is 2.52. The number of carbonyl (C=O) groups is 2. The van der Waals surface area contributed by atoms with Crippen LogP contribution in [-0.2, 0) is 16.1 Å². The largest absolute Gasteiger partial charge is 0.481 e. The summed E-state index contributed by atoms with van der Waals surface area (Å²) in [4.78, 5) is 25.2. The predicted octanol–water partition coefficient (Wildman–Crippen LogP) is 1.34. The van der Waals surface area contributed by atoms with Crippen LogP contribution in [0.25, 0.3) is 0 Å². The average Bonchev–Trinajstić information content (AvgIpc) is 2.90. The van der Waals surface area contributed by atoms with Crippen molar-refractivity contribution in [3.63, 3.8) is 0 Å². The van der Waals surface area contributed by atoms with Gasteiger partial charge in [-0.15, -0.1) is 0 Å². The Morgan fingerprint density at radius 1 is 1.50 bits per heavy atom. The monoisotopic (exact) mass is 309 g/mol. The Bertz CT molecular complexity index is 553. The molecule has 0 aromatic carbocycles. The first-order valence-corrected chi connectivity index (χ1v) is 7.62. The van der Waals surface area contributed by atoms with E-state index in [4.69, 9.17) is 9.84 Å². The fraction of sp³-hybridized carbons (Fsp3) is 0.667. The van der Waals surface area contributed by atoms with E-state index in [0.717, 1.165) is 5.69 Å². The molecule has 0 saturated carbocycles. The molecule has 1 saturated heterocycles. The molecule has 1 fully saturated rings. The van der Waals surface area contributed by atoms with Crippen LogP contribution in [0.4, 0.5) is 0 Å². The van der Waals surface area contributed by atoms with Gasteiger partial charge in [0.2, 0.25) is 0 Å². The van der Waals surface area contributed by atoms with Crippen molar-refractivity contribution in [3.05, 3.63) is 17.5 Å². The molecule has 7 nitrogen and oxygen atoms in total. The van der Waals surface area contributed by atoms with Gasteiger partial charge in [-0.1, -0.05) is 13.8 Å². The highest BCUT2D eigenvalue weighted by Gasteiger charge is 2.28. The van der Waals surface area contributed by atoms with E-state index in [-0.39, 0.29) is 18.2 Å². The fourth-order valence-corrected chi connectivity index (χ4v) is 2.52. The number of aliphatic carboxylic acids is 1. The van der Waals surface area contributed by atoms with E-state index < -0.39 is 12.1 Å². The Morgan fingerprint density at radius 2 is 2.23 bits per heavy atom. The Hall–Kier alpha value is -1.89. The molecule has 1 aromatic heterocycles. The Labute approximate surface area is 129 Å². The van der Waals surface area contributed by atoms with E-state index in [0.29, 0.717) is 31.9 Å². The number of hydrogen-bond donors (Lipinski definition) is 1. The summed E-state index contributed by atoms with van der Waals surface area (Å²) in [5, 5.41) is 13.3. The Balaban J connectivity index is 2.15. The van der Waals surface area contributed by atoms with Gasteiger partial charge in [0.25, 0.3) is 5.91 Å². The van der Waals surface area contributed by atoms with Crippen molar-refractivity contribution >= 4 is 11.9 Å². The van der Waals surface area contributed by atoms with Gasteiger partial charge in [-0.05, 0) is 18.9 Å². The summed E-state index contributed by atoms with van der Waals surface area (Å²) < 4.78 is 7.12. The molecule has 122 valence electrons. The lowest BCUT2D eigenvalue weighted by Crippen LogP contribution is -2.46. The number of aromatic nitrogens is 2.